The van der Waals surface area contributed by atoms with Gasteiger partial charge in [-0.2, -0.15) is 5.26 Å². The Hall–Kier alpha value is -1.73. The lowest BCUT2D eigenvalue weighted by molar-refractivity contribution is 0.168. The zero-order valence-electron chi connectivity index (χ0n) is 8.08. The Labute approximate surface area is 92.4 Å². The summed E-state index contributed by atoms with van der Waals surface area (Å²) < 4.78 is 4.68. The van der Waals surface area contributed by atoms with E-state index in [1.165, 1.54) is 6.07 Å². The normalized spacial score (nSPS) is 9.13. The van der Waals surface area contributed by atoms with Crippen LogP contribution in [0.1, 0.15) is 12.5 Å². The van der Waals surface area contributed by atoms with Gasteiger partial charge in [-0.1, -0.05) is 11.6 Å². The number of nitrogens with zero attached hydrogens (tertiary/aromatic N) is 1. The fraction of sp³-hybridized carbons (Fsp3) is 0.200. The summed E-state index contributed by atoms with van der Waals surface area (Å²) >= 11 is 5.82. The summed E-state index contributed by atoms with van der Waals surface area (Å²) in [4.78, 5) is 11.1. The number of anilines is 1. The molecule has 0 unspecified atom stereocenters. The number of benzene rings is 1. The van der Waals surface area contributed by atoms with Crippen molar-refractivity contribution in [2.45, 2.75) is 6.92 Å². The molecule has 1 N–H and O–H groups in total. The van der Waals surface area contributed by atoms with Gasteiger partial charge in [-0.15, -0.1) is 0 Å². The van der Waals surface area contributed by atoms with E-state index in [9.17, 15) is 4.79 Å². The van der Waals surface area contributed by atoms with Crippen molar-refractivity contribution >= 4 is 23.4 Å². The van der Waals surface area contributed by atoms with Gasteiger partial charge in [0.2, 0.25) is 0 Å². The molecule has 78 valence electrons. The number of rotatable bonds is 2. The fourth-order valence-corrected chi connectivity index (χ4v) is 1.13. The molecule has 1 aromatic carbocycles. The number of carbonyl (C=O) groups excluding carboxylic acids is 1. The van der Waals surface area contributed by atoms with Gasteiger partial charge in [-0.3, -0.25) is 5.32 Å². The van der Waals surface area contributed by atoms with Crippen LogP contribution in [0.2, 0.25) is 5.02 Å². The summed E-state index contributed by atoms with van der Waals surface area (Å²) in [6.07, 6.45) is -0.588. The molecule has 4 nitrogen and oxygen atoms in total. The van der Waals surface area contributed by atoms with Gasteiger partial charge in [0, 0.05) is 0 Å². The molecule has 1 aromatic rings. The second-order valence-electron chi connectivity index (χ2n) is 2.65. The summed E-state index contributed by atoms with van der Waals surface area (Å²) in [7, 11) is 0. The lowest BCUT2D eigenvalue weighted by Crippen LogP contribution is -2.13. The topological polar surface area (TPSA) is 62.1 Å². The van der Waals surface area contributed by atoms with Gasteiger partial charge in [0.15, 0.2) is 0 Å². The smallest absolute Gasteiger partial charge is 0.411 e. The first-order valence-electron chi connectivity index (χ1n) is 4.30. The zero-order chi connectivity index (χ0) is 11.3. The number of ether oxygens (including phenoxy) is 1. The summed E-state index contributed by atoms with van der Waals surface area (Å²) in [6.45, 7) is 1.98. The highest BCUT2D eigenvalue weighted by Gasteiger charge is 2.06. The predicted octanol–water partition coefficient (Wildman–Crippen LogP) is 2.78. The van der Waals surface area contributed by atoms with Crippen molar-refractivity contribution in [3.05, 3.63) is 28.8 Å². The largest absolute Gasteiger partial charge is 0.450 e. The molecule has 0 aromatic heterocycles. The molecule has 0 aliphatic carbocycles. The standard InChI is InChI=1S/C10H9ClN2O2/c1-2-15-10(14)13-9-5-7(6-12)3-4-8(9)11/h3-5H,2H2,1H3,(H,13,14). The quantitative estimate of drug-likeness (QED) is 0.840. The monoisotopic (exact) mass is 224 g/mol. The van der Waals surface area contributed by atoms with Gasteiger partial charge in [0.05, 0.1) is 28.9 Å². The van der Waals surface area contributed by atoms with Crippen LogP contribution in [0.15, 0.2) is 18.2 Å². The van der Waals surface area contributed by atoms with E-state index in [1.807, 2.05) is 6.07 Å². The summed E-state index contributed by atoms with van der Waals surface area (Å²) in [5.41, 5.74) is 0.792. The average Bonchev–Trinajstić information content (AvgIpc) is 2.21. The number of carbonyl (C=O) groups is 1. The Bertz CT molecular complexity index is 412. The van der Waals surface area contributed by atoms with Crippen LogP contribution < -0.4 is 5.32 Å². The van der Waals surface area contributed by atoms with Crippen molar-refractivity contribution in [1.29, 1.82) is 5.26 Å². The Balaban J connectivity index is 2.85. The van der Waals surface area contributed by atoms with Crippen LogP contribution in [0.4, 0.5) is 10.5 Å². The number of nitrogens with one attached hydrogen (secondary N) is 1. The van der Waals surface area contributed by atoms with Crippen molar-refractivity contribution < 1.29 is 9.53 Å². The summed E-state index contributed by atoms with van der Waals surface area (Å²) in [5.74, 6) is 0. The van der Waals surface area contributed by atoms with E-state index < -0.39 is 6.09 Å². The molecule has 1 amide bonds. The molecule has 5 heteroatoms. The van der Waals surface area contributed by atoms with E-state index in [0.29, 0.717) is 16.3 Å². The molecule has 1 rings (SSSR count). The first kappa shape index (κ1) is 11.3. The minimum absolute atomic E-state index is 0.279. The van der Waals surface area contributed by atoms with E-state index in [1.54, 1.807) is 19.1 Å². The molecule has 0 spiro atoms. The SMILES string of the molecule is CCOC(=O)Nc1cc(C#N)ccc1Cl. The molecular formula is C10H9ClN2O2. The third-order valence-electron chi connectivity index (χ3n) is 1.61. The number of hydrogen-bond acceptors (Lipinski definition) is 3. The van der Waals surface area contributed by atoms with E-state index >= 15 is 0 Å². The van der Waals surface area contributed by atoms with E-state index in [2.05, 4.69) is 10.1 Å². The van der Waals surface area contributed by atoms with Crippen molar-refractivity contribution in [2.75, 3.05) is 11.9 Å². The van der Waals surface area contributed by atoms with Gasteiger partial charge in [0.25, 0.3) is 0 Å². The van der Waals surface area contributed by atoms with Crippen LogP contribution in [0.5, 0.6) is 0 Å². The average molecular weight is 225 g/mol. The van der Waals surface area contributed by atoms with E-state index in [4.69, 9.17) is 16.9 Å². The highest BCUT2D eigenvalue weighted by Crippen LogP contribution is 2.22. The summed E-state index contributed by atoms with van der Waals surface area (Å²) in [6, 6.07) is 6.55. The molecule has 0 aliphatic heterocycles. The highest BCUT2D eigenvalue weighted by molar-refractivity contribution is 6.33. The van der Waals surface area contributed by atoms with Gasteiger partial charge >= 0.3 is 6.09 Å². The zero-order valence-corrected chi connectivity index (χ0v) is 8.84. The van der Waals surface area contributed by atoms with E-state index in [-0.39, 0.29) is 6.61 Å². The van der Waals surface area contributed by atoms with E-state index in [0.717, 1.165) is 0 Å². The molecule has 0 saturated heterocycles. The molecule has 0 radical (unpaired) electrons. The molecule has 0 saturated carbocycles. The van der Waals surface area contributed by atoms with Gasteiger partial charge < -0.3 is 4.74 Å². The maximum Gasteiger partial charge on any atom is 0.411 e. The number of nitriles is 1. The predicted molar refractivity (Wildman–Crippen MR) is 56.8 cm³/mol. The first-order chi connectivity index (χ1) is 7.17. The number of amides is 1. The Morgan fingerprint density at radius 3 is 3.00 bits per heavy atom. The molecule has 0 fully saturated rings. The molecule has 0 heterocycles. The van der Waals surface area contributed by atoms with Gasteiger partial charge in [-0.05, 0) is 25.1 Å². The highest BCUT2D eigenvalue weighted by atomic mass is 35.5. The molecule has 0 atom stereocenters. The van der Waals surface area contributed by atoms with Gasteiger partial charge in [0.1, 0.15) is 0 Å². The maximum atomic E-state index is 11.1. The lowest BCUT2D eigenvalue weighted by Gasteiger charge is -2.06. The second kappa shape index (κ2) is 5.23. The lowest BCUT2D eigenvalue weighted by atomic mass is 10.2. The third kappa shape index (κ3) is 3.15. The second-order valence-corrected chi connectivity index (χ2v) is 3.06. The van der Waals surface area contributed by atoms with Gasteiger partial charge in [-0.25, -0.2) is 4.79 Å². The van der Waals surface area contributed by atoms with Crippen LogP contribution in [0.3, 0.4) is 0 Å². The number of hydrogen-bond donors (Lipinski definition) is 1. The van der Waals surface area contributed by atoms with Crippen LogP contribution >= 0.6 is 11.6 Å². The number of halogens is 1. The molecule has 0 aliphatic rings. The first-order valence-corrected chi connectivity index (χ1v) is 4.68. The molecule has 0 bridgehead atoms. The van der Waals surface area contributed by atoms with Crippen LogP contribution in [0, 0.1) is 11.3 Å². The van der Waals surface area contributed by atoms with Crippen LogP contribution in [0.25, 0.3) is 0 Å². The maximum absolute atomic E-state index is 11.1. The third-order valence-corrected chi connectivity index (χ3v) is 1.94. The van der Waals surface area contributed by atoms with Crippen LogP contribution in [-0.4, -0.2) is 12.7 Å². The van der Waals surface area contributed by atoms with Crippen molar-refractivity contribution in [1.82, 2.24) is 0 Å². The molecular weight excluding hydrogens is 216 g/mol. The van der Waals surface area contributed by atoms with Crippen LogP contribution in [-0.2, 0) is 4.74 Å². The van der Waals surface area contributed by atoms with Crippen molar-refractivity contribution in [3.63, 3.8) is 0 Å². The minimum atomic E-state index is -0.588. The van der Waals surface area contributed by atoms with Crippen molar-refractivity contribution in [3.8, 4) is 6.07 Å². The van der Waals surface area contributed by atoms with Crippen molar-refractivity contribution in [2.24, 2.45) is 0 Å². The Morgan fingerprint density at radius 2 is 2.40 bits per heavy atom. The minimum Gasteiger partial charge on any atom is -0.450 e. The molecule has 15 heavy (non-hydrogen) atoms. The Kier molecular flexibility index (Phi) is 3.95. The fourth-order valence-electron chi connectivity index (χ4n) is 0.968. The summed E-state index contributed by atoms with van der Waals surface area (Å²) in [5, 5.41) is 11.5. The Morgan fingerprint density at radius 1 is 1.67 bits per heavy atom.